The Morgan fingerprint density at radius 2 is 1.80 bits per heavy atom. The van der Waals surface area contributed by atoms with Crippen LogP contribution >= 0.6 is 0 Å². The summed E-state index contributed by atoms with van der Waals surface area (Å²) in [5.41, 5.74) is 2.98. The lowest BCUT2D eigenvalue weighted by Crippen LogP contribution is -2.17. The first kappa shape index (κ1) is 14.1. The molecule has 0 amide bonds. The van der Waals surface area contributed by atoms with Crippen molar-refractivity contribution in [2.75, 3.05) is 7.05 Å². The number of hydrogen-bond acceptors (Lipinski definition) is 4. The van der Waals surface area contributed by atoms with Crippen LogP contribution in [0.2, 0.25) is 0 Å². The number of pyridine rings is 1. The number of aryl methyl sites for hydroxylation is 1. The zero-order valence-corrected chi connectivity index (χ0v) is 11.6. The number of nitro groups is 1. The molecule has 2 aromatic rings. The van der Waals surface area contributed by atoms with Gasteiger partial charge in [0.25, 0.3) is 5.69 Å². The van der Waals surface area contributed by atoms with Crippen molar-refractivity contribution >= 4 is 5.69 Å². The summed E-state index contributed by atoms with van der Waals surface area (Å²) in [7, 11) is 1.99. The van der Waals surface area contributed by atoms with Gasteiger partial charge >= 0.3 is 0 Å². The minimum Gasteiger partial charge on any atom is -0.298 e. The molecule has 0 saturated heterocycles. The maximum atomic E-state index is 10.9. The summed E-state index contributed by atoms with van der Waals surface area (Å²) in [5, 5.41) is 10.9. The lowest BCUT2D eigenvalue weighted by molar-refractivity contribution is -0.385. The first-order valence-electron chi connectivity index (χ1n) is 6.37. The van der Waals surface area contributed by atoms with Crippen LogP contribution in [0.5, 0.6) is 0 Å². The number of aromatic nitrogens is 1. The molecule has 0 unspecified atom stereocenters. The Labute approximate surface area is 118 Å². The average molecular weight is 271 g/mol. The summed E-state index contributed by atoms with van der Waals surface area (Å²) in [6.07, 6.45) is 3.53. The Hall–Kier alpha value is -2.27. The van der Waals surface area contributed by atoms with Gasteiger partial charge in [0.15, 0.2) is 0 Å². The van der Waals surface area contributed by atoms with E-state index in [-0.39, 0.29) is 10.6 Å². The molecule has 0 aliphatic heterocycles. The molecule has 0 aliphatic rings. The van der Waals surface area contributed by atoms with Gasteiger partial charge in [-0.2, -0.15) is 0 Å². The van der Waals surface area contributed by atoms with E-state index in [0.717, 1.165) is 12.1 Å². The fourth-order valence-corrected chi connectivity index (χ4v) is 2.12. The molecular weight excluding hydrogens is 254 g/mol. The Morgan fingerprint density at radius 1 is 1.15 bits per heavy atom. The van der Waals surface area contributed by atoms with E-state index >= 15 is 0 Å². The third-order valence-electron chi connectivity index (χ3n) is 3.12. The molecule has 1 heterocycles. The smallest absolute Gasteiger partial charge is 0.272 e. The van der Waals surface area contributed by atoms with E-state index in [4.69, 9.17) is 0 Å². The maximum Gasteiger partial charge on any atom is 0.272 e. The summed E-state index contributed by atoms with van der Waals surface area (Å²) < 4.78 is 0. The fraction of sp³-hybridized carbons (Fsp3) is 0.267. The van der Waals surface area contributed by atoms with Crippen LogP contribution in [0.15, 0.2) is 42.7 Å². The van der Waals surface area contributed by atoms with Crippen LogP contribution in [0.1, 0.15) is 16.7 Å². The van der Waals surface area contributed by atoms with Gasteiger partial charge < -0.3 is 0 Å². The molecule has 0 saturated carbocycles. The lowest BCUT2D eigenvalue weighted by atomic mass is 10.1. The van der Waals surface area contributed by atoms with Gasteiger partial charge in [-0.3, -0.25) is 20.0 Å². The van der Waals surface area contributed by atoms with Crippen molar-refractivity contribution in [2.24, 2.45) is 0 Å². The second-order valence-corrected chi connectivity index (χ2v) is 4.91. The van der Waals surface area contributed by atoms with Gasteiger partial charge in [-0.1, -0.05) is 12.1 Å². The molecule has 1 aromatic carbocycles. The van der Waals surface area contributed by atoms with Gasteiger partial charge in [0.05, 0.1) is 4.92 Å². The molecule has 20 heavy (non-hydrogen) atoms. The van der Waals surface area contributed by atoms with Crippen molar-refractivity contribution in [3.8, 4) is 0 Å². The van der Waals surface area contributed by atoms with Gasteiger partial charge in [0, 0.05) is 37.1 Å². The molecule has 0 spiro atoms. The molecule has 2 rings (SSSR count). The minimum absolute atomic E-state index is 0.180. The summed E-state index contributed by atoms with van der Waals surface area (Å²) >= 11 is 0. The van der Waals surface area contributed by atoms with Crippen LogP contribution < -0.4 is 0 Å². The van der Waals surface area contributed by atoms with Gasteiger partial charge in [-0.25, -0.2) is 0 Å². The molecule has 5 heteroatoms. The molecular formula is C15H17N3O2. The predicted octanol–water partition coefficient (Wildman–Crippen LogP) is 2.93. The van der Waals surface area contributed by atoms with Crippen LogP contribution in [0.4, 0.5) is 5.69 Å². The SMILES string of the molecule is Cc1ccc(CN(C)Cc2ccncc2)cc1[N+](=O)[O-]. The largest absolute Gasteiger partial charge is 0.298 e. The van der Waals surface area contributed by atoms with Crippen molar-refractivity contribution in [1.82, 2.24) is 9.88 Å². The third kappa shape index (κ3) is 3.61. The van der Waals surface area contributed by atoms with Gasteiger partial charge in [-0.05, 0) is 37.2 Å². The van der Waals surface area contributed by atoms with Crippen LogP contribution in [-0.4, -0.2) is 21.9 Å². The summed E-state index contributed by atoms with van der Waals surface area (Å²) in [6.45, 7) is 3.20. The molecule has 104 valence electrons. The number of nitrogens with zero attached hydrogens (tertiary/aromatic N) is 3. The van der Waals surface area contributed by atoms with Crippen molar-refractivity contribution in [1.29, 1.82) is 0 Å². The van der Waals surface area contributed by atoms with Crippen molar-refractivity contribution in [3.05, 3.63) is 69.5 Å². The molecule has 0 aliphatic carbocycles. The highest BCUT2D eigenvalue weighted by atomic mass is 16.6. The Bertz CT molecular complexity index is 599. The Kier molecular flexibility index (Phi) is 4.42. The minimum atomic E-state index is -0.332. The highest BCUT2D eigenvalue weighted by Crippen LogP contribution is 2.20. The molecule has 0 bridgehead atoms. The van der Waals surface area contributed by atoms with Crippen LogP contribution in [0.3, 0.4) is 0 Å². The highest BCUT2D eigenvalue weighted by Gasteiger charge is 2.11. The molecule has 1 aromatic heterocycles. The Balaban J connectivity index is 2.06. The summed E-state index contributed by atoms with van der Waals surface area (Å²) in [4.78, 5) is 16.7. The van der Waals surface area contributed by atoms with E-state index in [1.54, 1.807) is 31.5 Å². The normalized spacial score (nSPS) is 10.8. The zero-order valence-electron chi connectivity index (χ0n) is 11.6. The molecule has 0 N–H and O–H groups in total. The molecule has 0 atom stereocenters. The number of benzene rings is 1. The van der Waals surface area contributed by atoms with Crippen LogP contribution in [0.25, 0.3) is 0 Å². The number of rotatable bonds is 5. The van der Waals surface area contributed by atoms with Crippen molar-refractivity contribution in [2.45, 2.75) is 20.0 Å². The van der Waals surface area contributed by atoms with Crippen molar-refractivity contribution < 1.29 is 4.92 Å². The zero-order chi connectivity index (χ0) is 14.5. The van der Waals surface area contributed by atoms with Gasteiger partial charge in [0.1, 0.15) is 0 Å². The monoisotopic (exact) mass is 271 g/mol. The van der Waals surface area contributed by atoms with E-state index in [1.807, 2.05) is 25.2 Å². The van der Waals surface area contributed by atoms with Crippen LogP contribution in [-0.2, 0) is 13.1 Å². The van der Waals surface area contributed by atoms with E-state index in [1.165, 1.54) is 5.56 Å². The standard InChI is InChI=1S/C15H17N3O2/c1-12-3-4-14(9-15(12)18(19)20)11-17(2)10-13-5-7-16-8-6-13/h3-9H,10-11H2,1-2H3. The third-order valence-corrected chi connectivity index (χ3v) is 3.12. The second kappa shape index (κ2) is 6.25. The van der Waals surface area contributed by atoms with E-state index in [2.05, 4.69) is 9.88 Å². The predicted molar refractivity (Wildman–Crippen MR) is 77.2 cm³/mol. The summed E-state index contributed by atoms with van der Waals surface area (Å²) in [6, 6.07) is 9.32. The van der Waals surface area contributed by atoms with Crippen molar-refractivity contribution in [3.63, 3.8) is 0 Å². The van der Waals surface area contributed by atoms with Crippen LogP contribution in [0, 0.1) is 17.0 Å². The first-order chi connectivity index (χ1) is 9.56. The van der Waals surface area contributed by atoms with Gasteiger partial charge in [0.2, 0.25) is 0 Å². The maximum absolute atomic E-state index is 10.9. The fourth-order valence-electron chi connectivity index (χ4n) is 2.12. The first-order valence-corrected chi connectivity index (χ1v) is 6.37. The topological polar surface area (TPSA) is 59.3 Å². The quantitative estimate of drug-likeness (QED) is 0.619. The summed E-state index contributed by atoms with van der Waals surface area (Å²) in [5.74, 6) is 0. The molecule has 0 radical (unpaired) electrons. The molecule has 5 nitrogen and oxygen atoms in total. The molecule has 0 fully saturated rings. The van der Waals surface area contributed by atoms with E-state index in [0.29, 0.717) is 12.1 Å². The number of nitro benzene ring substituents is 1. The van der Waals surface area contributed by atoms with E-state index < -0.39 is 0 Å². The lowest BCUT2D eigenvalue weighted by Gasteiger charge is -2.16. The number of hydrogen-bond donors (Lipinski definition) is 0. The van der Waals surface area contributed by atoms with Gasteiger partial charge in [-0.15, -0.1) is 0 Å². The Morgan fingerprint density at radius 3 is 2.45 bits per heavy atom. The highest BCUT2D eigenvalue weighted by molar-refractivity contribution is 5.42. The average Bonchev–Trinajstić information content (AvgIpc) is 2.41. The van der Waals surface area contributed by atoms with E-state index in [9.17, 15) is 10.1 Å². The second-order valence-electron chi connectivity index (χ2n) is 4.91.